The van der Waals surface area contributed by atoms with E-state index in [1.807, 2.05) is 0 Å². The van der Waals surface area contributed by atoms with Gasteiger partial charge in [0.2, 0.25) is 0 Å². The molecule has 1 aromatic rings. The Kier molecular flexibility index (Phi) is 5.07. The highest BCUT2D eigenvalue weighted by Gasteiger charge is 2.24. The maximum atomic E-state index is 13.1. The van der Waals surface area contributed by atoms with Gasteiger partial charge in [0.15, 0.2) is 17.3 Å². The van der Waals surface area contributed by atoms with Gasteiger partial charge in [0, 0.05) is 51.0 Å². The van der Waals surface area contributed by atoms with Crippen molar-refractivity contribution in [2.45, 2.75) is 6.42 Å². The van der Waals surface area contributed by atoms with Gasteiger partial charge in [-0.2, -0.15) is 0 Å². The van der Waals surface area contributed by atoms with Gasteiger partial charge in [-0.05, 0) is 23.4 Å². The van der Waals surface area contributed by atoms with Crippen molar-refractivity contribution in [1.82, 2.24) is 0 Å². The number of hydrogen-bond acceptors (Lipinski definition) is 5. The molecule has 33 heavy (non-hydrogen) atoms. The van der Waals surface area contributed by atoms with Gasteiger partial charge < -0.3 is 0 Å². The van der Waals surface area contributed by atoms with Crippen LogP contribution in [0.1, 0.15) is 17.5 Å². The number of nitrogens with zero attached hydrogens (tertiary/aromatic N) is 1. The highest BCUT2D eigenvalue weighted by Crippen LogP contribution is 2.33. The minimum Gasteiger partial charge on any atom is -0.289 e. The fraction of sp³-hybridized carbons (Fsp3) is 0.0357. The first kappa shape index (κ1) is 20.4. The fourth-order valence-corrected chi connectivity index (χ4v) is 4.14. The molecule has 5 rings (SSSR count). The van der Waals surface area contributed by atoms with Gasteiger partial charge in [-0.1, -0.05) is 72.9 Å². The van der Waals surface area contributed by atoms with Crippen LogP contribution in [-0.4, -0.2) is 17.3 Å². The van der Waals surface area contributed by atoms with E-state index in [2.05, 4.69) is 5.18 Å². The fourth-order valence-electron chi connectivity index (χ4n) is 4.14. The average molecular weight is 431 g/mol. The van der Waals surface area contributed by atoms with Gasteiger partial charge in [-0.3, -0.25) is 14.4 Å². The molecule has 8 bridgehead atoms. The summed E-state index contributed by atoms with van der Waals surface area (Å²) in [6.07, 6.45) is 20.2. The summed E-state index contributed by atoms with van der Waals surface area (Å²) in [5.41, 5.74) is 3.53. The minimum atomic E-state index is -0.257. The third kappa shape index (κ3) is 3.70. The number of rotatable bonds is 1. The SMILES string of the molecule is O=Nc1c2cccc1/C=C1/C=CC=C(CC3=CC=C/C(=C/C4=CC=C/C(=C/2)C4=O)C3=O)C1=O. The topological polar surface area (TPSA) is 80.6 Å². The van der Waals surface area contributed by atoms with E-state index in [-0.39, 0.29) is 29.5 Å². The van der Waals surface area contributed by atoms with Crippen LogP contribution in [0.3, 0.4) is 0 Å². The zero-order chi connectivity index (χ0) is 22.9. The zero-order valence-corrected chi connectivity index (χ0v) is 17.4. The number of ketones is 3. The Bertz CT molecular complexity index is 1430. The van der Waals surface area contributed by atoms with Crippen molar-refractivity contribution in [3.63, 3.8) is 0 Å². The molecule has 0 radical (unpaired) electrons. The van der Waals surface area contributed by atoms with E-state index in [0.29, 0.717) is 44.6 Å². The number of allylic oxidation sites excluding steroid dienone is 16. The first-order valence-corrected chi connectivity index (χ1v) is 10.4. The lowest BCUT2D eigenvalue weighted by Crippen LogP contribution is -2.15. The summed E-state index contributed by atoms with van der Waals surface area (Å²) >= 11 is 0. The quantitative estimate of drug-likeness (QED) is 0.559. The molecule has 0 N–H and O–H groups in total. The molecule has 0 aromatic heterocycles. The summed E-state index contributed by atoms with van der Waals surface area (Å²) in [6, 6.07) is 5.14. The second-order valence-electron chi connectivity index (χ2n) is 7.92. The molecule has 0 atom stereocenters. The molecule has 0 spiro atoms. The molecule has 5 heteroatoms. The molecule has 0 fully saturated rings. The molecule has 0 unspecified atom stereocenters. The Balaban J connectivity index is 1.74. The molecule has 0 saturated carbocycles. The molecular formula is C28H17NO4. The van der Waals surface area contributed by atoms with Gasteiger partial charge in [0.25, 0.3) is 0 Å². The second-order valence-corrected chi connectivity index (χ2v) is 7.92. The summed E-state index contributed by atoms with van der Waals surface area (Å²) in [4.78, 5) is 51.1. The molecule has 4 aliphatic rings. The van der Waals surface area contributed by atoms with Crippen LogP contribution >= 0.6 is 0 Å². The predicted molar refractivity (Wildman–Crippen MR) is 127 cm³/mol. The van der Waals surface area contributed by atoms with Crippen LogP contribution in [0.25, 0.3) is 12.2 Å². The van der Waals surface area contributed by atoms with E-state index >= 15 is 0 Å². The number of nitroso groups, excluding NO2 is 1. The van der Waals surface area contributed by atoms with Gasteiger partial charge in [-0.15, -0.1) is 4.91 Å². The van der Waals surface area contributed by atoms with Gasteiger partial charge in [0.1, 0.15) is 5.69 Å². The number of hydrogen-bond donors (Lipinski definition) is 0. The number of Topliss-reactive ketones (excluding diaryl/α,β-unsaturated/α-hetero) is 3. The van der Waals surface area contributed by atoms with Crippen molar-refractivity contribution in [1.29, 1.82) is 0 Å². The molecule has 5 nitrogen and oxygen atoms in total. The summed E-state index contributed by atoms with van der Waals surface area (Å²) in [6.45, 7) is 0. The Morgan fingerprint density at radius 2 is 1.12 bits per heavy atom. The highest BCUT2D eigenvalue weighted by atomic mass is 16.3. The van der Waals surface area contributed by atoms with E-state index in [1.165, 1.54) is 0 Å². The molecule has 0 aliphatic heterocycles. The average Bonchev–Trinajstić information content (AvgIpc) is 2.81. The Morgan fingerprint density at radius 1 is 0.606 bits per heavy atom. The van der Waals surface area contributed by atoms with Gasteiger partial charge in [-0.25, -0.2) is 0 Å². The van der Waals surface area contributed by atoms with Crippen LogP contribution in [0.4, 0.5) is 5.69 Å². The van der Waals surface area contributed by atoms with Crippen molar-refractivity contribution in [2.75, 3.05) is 0 Å². The van der Waals surface area contributed by atoms with Crippen LogP contribution in [0, 0.1) is 4.91 Å². The van der Waals surface area contributed by atoms with Crippen LogP contribution in [0.2, 0.25) is 0 Å². The third-order valence-electron chi connectivity index (χ3n) is 5.83. The molecule has 0 heterocycles. The molecule has 0 saturated heterocycles. The third-order valence-corrected chi connectivity index (χ3v) is 5.83. The van der Waals surface area contributed by atoms with Crippen LogP contribution < -0.4 is 0 Å². The van der Waals surface area contributed by atoms with Crippen molar-refractivity contribution >= 4 is 35.2 Å². The molecular weight excluding hydrogens is 414 g/mol. The second kappa shape index (κ2) is 8.20. The van der Waals surface area contributed by atoms with Crippen molar-refractivity contribution in [3.05, 3.63) is 128 Å². The van der Waals surface area contributed by atoms with Gasteiger partial charge >= 0.3 is 0 Å². The highest BCUT2D eigenvalue weighted by molar-refractivity contribution is 6.20. The number of fused-ring (bicyclic) bond motifs is 8. The standard InChI is InChI=1S/C28H17NO4/c30-26-19-7-2-9-21(26)15-23-11-4-12-24(28(23)32)16-22-10-3-8-20(27(22)31)14-18-6-1-5-17(13-19)25(18)29-33/h1-15H,16H2/b19-13-,20-14-,23-15-. The maximum Gasteiger partial charge on any atom is 0.193 e. The van der Waals surface area contributed by atoms with Crippen LogP contribution in [0.5, 0.6) is 0 Å². The Hall–Kier alpha value is -4.51. The van der Waals surface area contributed by atoms with Crippen molar-refractivity contribution < 1.29 is 14.4 Å². The number of benzene rings is 1. The summed E-state index contributed by atoms with van der Waals surface area (Å²) < 4.78 is 0. The first-order chi connectivity index (χ1) is 16.0. The van der Waals surface area contributed by atoms with Crippen molar-refractivity contribution in [3.8, 4) is 0 Å². The maximum absolute atomic E-state index is 13.1. The van der Waals surface area contributed by atoms with E-state index < -0.39 is 0 Å². The first-order valence-electron chi connectivity index (χ1n) is 10.4. The molecule has 0 amide bonds. The molecule has 158 valence electrons. The van der Waals surface area contributed by atoms with Gasteiger partial charge in [0.05, 0.1) is 0 Å². The summed E-state index contributed by atoms with van der Waals surface area (Å²) in [5.74, 6) is -0.686. The van der Waals surface area contributed by atoms with E-state index in [9.17, 15) is 19.3 Å². The zero-order valence-electron chi connectivity index (χ0n) is 17.4. The number of carbonyl (C=O) groups is 3. The Morgan fingerprint density at radius 3 is 1.70 bits per heavy atom. The summed E-state index contributed by atoms with van der Waals surface area (Å²) in [5, 5.41) is 3.20. The van der Waals surface area contributed by atoms with Crippen LogP contribution in [0.15, 0.2) is 118 Å². The minimum absolute atomic E-state index is 0.148. The largest absolute Gasteiger partial charge is 0.289 e. The number of carbonyl (C=O) groups excluding carboxylic acids is 3. The lowest BCUT2D eigenvalue weighted by Gasteiger charge is -2.16. The van der Waals surface area contributed by atoms with Crippen LogP contribution in [-0.2, 0) is 14.4 Å². The Labute approximate surface area is 189 Å². The predicted octanol–water partition coefficient (Wildman–Crippen LogP) is 5.38. The van der Waals surface area contributed by atoms with E-state index in [0.717, 1.165) is 0 Å². The van der Waals surface area contributed by atoms with Crippen molar-refractivity contribution in [2.24, 2.45) is 5.18 Å². The smallest absolute Gasteiger partial charge is 0.193 e. The van der Waals surface area contributed by atoms with E-state index in [4.69, 9.17) is 0 Å². The normalized spacial score (nSPS) is 23.9. The van der Waals surface area contributed by atoms with E-state index in [1.54, 1.807) is 91.1 Å². The molecule has 1 aromatic carbocycles. The lowest BCUT2D eigenvalue weighted by molar-refractivity contribution is -0.112. The summed E-state index contributed by atoms with van der Waals surface area (Å²) in [7, 11) is 0. The molecule has 4 aliphatic carbocycles. The lowest BCUT2D eigenvalue weighted by atomic mass is 9.86. The monoisotopic (exact) mass is 431 g/mol.